The fraction of sp³-hybridized carbons (Fsp3) is 0.250. The summed E-state index contributed by atoms with van der Waals surface area (Å²) in [4.78, 5) is 8.56. The molecule has 4 rings (SSSR count). The minimum Gasteiger partial charge on any atom is -0.340 e. The second-order valence-electron chi connectivity index (χ2n) is 6.08. The van der Waals surface area contributed by atoms with Crippen LogP contribution in [0.1, 0.15) is 31.1 Å². The Balaban J connectivity index is 0.00000169. The molecule has 0 saturated carbocycles. The van der Waals surface area contributed by atoms with E-state index in [1.54, 1.807) is 0 Å². The van der Waals surface area contributed by atoms with Crippen molar-refractivity contribution in [1.29, 1.82) is 0 Å². The molecule has 0 aliphatic carbocycles. The van der Waals surface area contributed by atoms with E-state index in [0.717, 1.165) is 35.7 Å². The van der Waals surface area contributed by atoms with Crippen molar-refractivity contribution in [2.45, 2.75) is 25.3 Å². The Labute approximate surface area is 148 Å². The number of nitrogens with one attached hydrogen (secondary N) is 2. The average molecular weight is 340 g/mol. The molecule has 2 N–H and O–H groups in total. The molecule has 1 aromatic heterocycles. The lowest BCUT2D eigenvalue weighted by Crippen LogP contribution is -2.27. The average Bonchev–Trinajstić information content (AvgIpc) is 3.09. The number of halogens is 1. The van der Waals surface area contributed by atoms with Crippen molar-refractivity contribution >= 4 is 12.4 Å². The minimum absolute atomic E-state index is 0. The maximum absolute atomic E-state index is 4.96. The molecule has 0 bridgehead atoms. The molecule has 3 nitrogen and oxygen atoms in total. The molecule has 0 spiro atoms. The molecule has 3 aromatic rings. The Hall–Kier alpha value is -2.10. The fourth-order valence-electron chi connectivity index (χ4n) is 3.26. The van der Waals surface area contributed by atoms with Crippen molar-refractivity contribution in [3.63, 3.8) is 0 Å². The molecule has 1 atom stereocenters. The summed E-state index contributed by atoms with van der Waals surface area (Å²) in [5.41, 5.74) is 4.49. The van der Waals surface area contributed by atoms with Gasteiger partial charge in [0.25, 0.3) is 0 Å². The molecule has 1 saturated heterocycles. The van der Waals surface area contributed by atoms with E-state index >= 15 is 0 Å². The molecule has 0 amide bonds. The molecule has 2 heterocycles. The summed E-state index contributed by atoms with van der Waals surface area (Å²) in [5.74, 6) is 1.06. The van der Waals surface area contributed by atoms with Gasteiger partial charge < -0.3 is 10.3 Å². The molecule has 124 valence electrons. The summed E-state index contributed by atoms with van der Waals surface area (Å²) in [6.07, 6.45) is 3.67. The Morgan fingerprint density at radius 1 is 0.833 bits per heavy atom. The Bertz CT molecular complexity index is 705. The van der Waals surface area contributed by atoms with E-state index in [4.69, 9.17) is 4.98 Å². The first-order valence-corrected chi connectivity index (χ1v) is 8.36. The predicted octanol–water partition coefficient (Wildman–Crippen LogP) is 4.98. The van der Waals surface area contributed by atoms with Gasteiger partial charge in [0.1, 0.15) is 5.82 Å². The van der Waals surface area contributed by atoms with Crippen LogP contribution in [0.15, 0.2) is 60.7 Å². The van der Waals surface area contributed by atoms with Crippen LogP contribution in [0.3, 0.4) is 0 Å². The van der Waals surface area contributed by atoms with Gasteiger partial charge in [-0.05, 0) is 19.4 Å². The predicted molar refractivity (Wildman–Crippen MR) is 101 cm³/mol. The minimum atomic E-state index is 0. The van der Waals surface area contributed by atoms with Crippen LogP contribution in [0.4, 0.5) is 0 Å². The zero-order valence-electron chi connectivity index (χ0n) is 13.5. The summed E-state index contributed by atoms with van der Waals surface area (Å²) in [5, 5.41) is 3.59. The Kier molecular flexibility index (Phi) is 5.34. The number of H-pyrrole nitrogens is 1. The van der Waals surface area contributed by atoms with Gasteiger partial charge >= 0.3 is 0 Å². The van der Waals surface area contributed by atoms with Crippen LogP contribution in [0.5, 0.6) is 0 Å². The number of aromatic nitrogens is 2. The van der Waals surface area contributed by atoms with Crippen LogP contribution in [0.25, 0.3) is 22.5 Å². The highest BCUT2D eigenvalue weighted by Gasteiger charge is 2.21. The summed E-state index contributed by atoms with van der Waals surface area (Å²) in [6, 6.07) is 21.2. The molecular formula is C20H22ClN3. The maximum Gasteiger partial charge on any atom is 0.124 e. The SMILES string of the molecule is Cl.c1ccc(-c2nc(C3CCCCN3)[nH]c2-c2ccccc2)cc1. The smallest absolute Gasteiger partial charge is 0.124 e. The van der Waals surface area contributed by atoms with Gasteiger partial charge in [0.15, 0.2) is 0 Å². The molecular weight excluding hydrogens is 318 g/mol. The second kappa shape index (κ2) is 7.65. The highest BCUT2D eigenvalue weighted by Crippen LogP contribution is 2.32. The second-order valence-corrected chi connectivity index (χ2v) is 6.08. The van der Waals surface area contributed by atoms with Gasteiger partial charge in [-0.2, -0.15) is 0 Å². The quantitative estimate of drug-likeness (QED) is 0.706. The van der Waals surface area contributed by atoms with Crippen LogP contribution in [-0.2, 0) is 0 Å². The van der Waals surface area contributed by atoms with Crippen LogP contribution < -0.4 is 5.32 Å². The van der Waals surface area contributed by atoms with Crippen LogP contribution in [-0.4, -0.2) is 16.5 Å². The first kappa shape index (κ1) is 16.7. The lowest BCUT2D eigenvalue weighted by Gasteiger charge is -2.21. The number of imidazole rings is 1. The normalized spacial score (nSPS) is 17.2. The van der Waals surface area contributed by atoms with E-state index in [2.05, 4.69) is 58.8 Å². The Morgan fingerprint density at radius 3 is 2.12 bits per heavy atom. The van der Waals surface area contributed by atoms with Crippen LogP contribution >= 0.6 is 12.4 Å². The van der Waals surface area contributed by atoms with Gasteiger partial charge in [-0.1, -0.05) is 67.1 Å². The van der Waals surface area contributed by atoms with Gasteiger partial charge in [0.05, 0.1) is 17.4 Å². The number of nitrogens with zero attached hydrogens (tertiary/aromatic N) is 1. The van der Waals surface area contributed by atoms with E-state index in [-0.39, 0.29) is 12.4 Å². The summed E-state index contributed by atoms with van der Waals surface area (Å²) in [6.45, 7) is 1.08. The molecule has 1 aliphatic heterocycles. The zero-order valence-corrected chi connectivity index (χ0v) is 14.4. The van der Waals surface area contributed by atoms with Gasteiger partial charge in [-0.15, -0.1) is 12.4 Å². The van der Waals surface area contributed by atoms with E-state index in [1.807, 2.05) is 12.1 Å². The summed E-state index contributed by atoms with van der Waals surface area (Å²) < 4.78 is 0. The first-order chi connectivity index (χ1) is 11.4. The molecule has 24 heavy (non-hydrogen) atoms. The first-order valence-electron chi connectivity index (χ1n) is 8.36. The third kappa shape index (κ3) is 3.37. The van der Waals surface area contributed by atoms with Crippen molar-refractivity contribution in [3.8, 4) is 22.5 Å². The molecule has 1 aliphatic rings. The Morgan fingerprint density at radius 2 is 1.50 bits per heavy atom. The zero-order chi connectivity index (χ0) is 15.5. The third-order valence-corrected chi connectivity index (χ3v) is 4.47. The monoisotopic (exact) mass is 339 g/mol. The summed E-state index contributed by atoms with van der Waals surface area (Å²) >= 11 is 0. The van der Waals surface area contributed by atoms with Crippen molar-refractivity contribution < 1.29 is 0 Å². The highest BCUT2D eigenvalue weighted by molar-refractivity contribution is 5.85. The summed E-state index contributed by atoms with van der Waals surface area (Å²) in [7, 11) is 0. The third-order valence-electron chi connectivity index (χ3n) is 4.47. The number of hydrogen-bond donors (Lipinski definition) is 2. The van der Waals surface area contributed by atoms with Gasteiger partial charge in [0.2, 0.25) is 0 Å². The maximum atomic E-state index is 4.96. The van der Waals surface area contributed by atoms with E-state index in [9.17, 15) is 0 Å². The lowest BCUT2D eigenvalue weighted by molar-refractivity contribution is 0.399. The number of aromatic amines is 1. The molecule has 0 radical (unpaired) electrons. The standard InChI is InChI=1S/C20H21N3.ClH/c1-3-9-15(10-4-1)18-19(16-11-5-2-6-12-16)23-20(22-18)17-13-7-8-14-21-17;/h1-6,9-12,17,21H,7-8,13-14H2,(H,22,23);1H. The van der Waals surface area contributed by atoms with Gasteiger partial charge in [0, 0.05) is 11.1 Å². The highest BCUT2D eigenvalue weighted by atomic mass is 35.5. The fourth-order valence-corrected chi connectivity index (χ4v) is 3.26. The number of hydrogen-bond acceptors (Lipinski definition) is 2. The van der Waals surface area contributed by atoms with Gasteiger partial charge in [-0.25, -0.2) is 4.98 Å². The van der Waals surface area contributed by atoms with Crippen molar-refractivity contribution in [3.05, 3.63) is 66.5 Å². The van der Waals surface area contributed by atoms with Crippen LogP contribution in [0, 0.1) is 0 Å². The largest absolute Gasteiger partial charge is 0.340 e. The molecule has 4 heteroatoms. The topological polar surface area (TPSA) is 40.7 Å². The molecule has 2 aromatic carbocycles. The number of rotatable bonds is 3. The van der Waals surface area contributed by atoms with E-state index < -0.39 is 0 Å². The lowest BCUT2D eigenvalue weighted by atomic mass is 10.0. The van der Waals surface area contributed by atoms with Crippen molar-refractivity contribution in [1.82, 2.24) is 15.3 Å². The van der Waals surface area contributed by atoms with E-state index in [1.165, 1.54) is 18.4 Å². The molecule has 1 unspecified atom stereocenters. The number of benzene rings is 2. The van der Waals surface area contributed by atoms with Crippen LogP contribution in [0.2, 0.25) is 0 Å². The number of piperidine rings is 1. The molecule has 1 fully saturated rings. The van der Waals surface area contributed by atoms with Gasteiger partial charge in [-0.3, -0.25) is 0 Å². The van der Waals surface area contributed by atoms with Crippen molar-refractivity contribution in [2.75, 3.05) is 6.54 Å². The van der Waals surface area contributed by atoms with E-state index in [0.29, 0.717) is 6.04 Å². The van der Waals surface area contributed by atoms with Crippen molar-refractivity contribution in [2.24, 2.45) is 0 Å².